The number of rotatable bonds is 7. The van der Waals surface area contributed by atoms with E-state index in [4.69, 9.17) is 16.6 Å². The van der Waals surface area contributed by atoms with E-state index in [1.165, 1.54) is 16.0 Å². The molecule has 0 fully saturated rings. The van der Waals surface area contributed by atoms with Crippen molar-refractivity contribution in [1.29, 1.82) is 0 Å². The first-order valence-electron chi connectivity index (χ1n) is 8.78. The van der Waals surface area contributed by atoms with E-state index in [0.717, 1.165) is 17.2 Å². The largest absolute Gasteiger partial charge is 0.413 e. The number of aromatic nitrogens is 3. The lowest BCUT2D eigenvalue weighted by Gasteiger charge is -2.14. The fourth-order valence-electron chi connectivity index (χ4n) is 2.85. The lowest BCUT2D eigenvalue weighted by atomic mass is 10.0. The van der Waals surface area contributed by atoms with Crippen molar-refractivity contribution in [3.63, 3.8) is 0 Å². The zero-order chi connectivity index (χ0) is 18.7. The summed E-state index contributed by atoms with van der Waals surface area (Å²) in [6.07, 6.45) is 0.580. The average molecular weight is 390 g/mol. The van der Waals surface area contributed by atoms with Crippen molar-refractivity contribution in [3.8, 4) is 0 Å². The summed E-state index contributed by atoms with van der Waals surface area (Å²) in [7, 11) is 2.14. The molecule has 1 aromatic carbocycles. The third kappa shape index (κ3) is 4.87. The fourth-order valence-corrected chi connectivity index (χ4v) is 3.66. The van der Waals surface area contributed by atoms with Gasteiger partial charge in [0.15, 0.2) is 6.67 Å². The van der Waals surface area contributed by atoms with E-state index in [0.29, 0.717) is 29.7 Å². The van der Waals surface area contributed by atoms with Crippen LogP contribution in [0.4, 0.5) is 0 Å². The topological polar surface area (TPSA) is 48.3 Å². The Hall–Kier alpha value is -1.83. The van der Waals surface area contributed by atoms with Crippen molar-refractivity contribution in [1.82, 2.24) is 14.8 Å². The molecule has 2 heterocycles. The first-order chi connectivity index (χ1) is 12.4. The quantitative estimate of drug-likeness (QED) is 0.630. The van der Waals surface area contributed by atoms with Gasteiger partial charge in [0.1, 0.15) is 6.54 Å². The SMILES string of the molecule is Cc1nc(Cc2nn(C[NH+](C)Cc3ccc(C(C)C)cc3)c(=S)o2)cs1. The van der Waals surface area contributed by atoms with Crippen LogP contribution in [0.25, 0.3) is 0 Å². The van der Waals surface area contributed by atoms with Crippen molar-refractivity contribution in [2.45, 2.75) is 46.3 Å². The van der Waals surface area contributed by atoms with Gasteiger partial charge in [-0.3, -0.25) is 0 Å². The average Bonchev–Trinajstić information content (AvgIpc) is 3.13. The Kier molecular flexibility index (Phi) is 6.01. The molecule has 2 aromatic heterocycles. The molecule has 0 aliphatic carbocycles. The Bertz CT molecular complexity index is 908. The van der Waals surface area contributed by atoms with E-state index in [1.807, 2.05) is 12.3 Å². The maximum atomic E-state index is 5.64. The van der Waals surface area contributed by atoms with Crippen LogP contribution >= 0.6 is 23.6 Å². The number of aryl methyl sites for hydroxylation is 1. The third-order valence-corrected chi connectivity index (χ3v) is 5.34. The lowest BCUT2D eigenvalue weighted by molar-refractivity contribution is -0.917. The molecule has 138 valence electrons. The van der Waals surface area contributed by atoms with Gasteiger partial charge in [-0.15, -0.1) is 16.4 Å². The summed E-state index contributed by atoms with van der Waals surface area (Å²) in [5.74, 6) is 1.18. The number of quaternary nitrogens is 1. The molecule has 3 aromatic rings. The molecule has 5 nitrogen and oxygen atoms in total. The van der Waals surface area contributed by atoms with Gasteiger partial charge in [0.2, 0.25) is 5.89 Å². The second-order valence-electron chi connectivity index (χ2n) is 6.98. The smallest absolute Gasteiger partial charge is 0.291 e. The second-order valence-corrected chi connectivity index (χ2v) is 8.40. The summed E-state index contributed by atoms with van der Waals surface area (Å²) in [5, 5.41) is 7.60. The van der Waals surface area contributed by atoms with Gasteiger partial charge in [-0.25, -0.2) is 4.98 Å². The molecule has 0 aliphatic heterocycles. The minimum Gasteiger partial charge on any atom is -0.413 e. The summed E-state index contributed by atoms with van der Waals surface area (Å²) in [4.78, 5) is 6.16. The predicted octanol–water partition coefficient (Wildman–Crippen LogP) is 3.36. The van der Waals surface area contributed by atoms with Crippen molar-refractivity contribution < 1.29 is 9.32 Å². The summed E-state index contributed by atoms with van der Waals surface area (Å²) >= 11 is 6.96. The van der Waals surface area contributed by atoms with Crippen LogP contribution in [0.1, 0.15) is 47.5 Å². The molecule has 1 atom stereocenters. The van der Waals surface area contributed by atoms with Crippen LogP contribution in [-0.4, -0.2) is 21.8 Å². The predicted molar refractivity (Wildman–Crippen MR) is 106 cm³/mol. The van der Waals surface area contributed by atoms with Crippen LogP contribution < -0.4 is 4.90 Å². The molecular formula is C19H25N4OS2+. The Morgan fingerprint density at radius 2 is 2.00 bits per heavy atom. The van der Waals surface area contributed by atoms with Crippen LogP contribution in [0.15, 0.2) is 34.1 Å². The standard InChI is InChI=1S/C19H24N4OS2/c1-13(2)16-7-5-15(6-8-16)10-22(4)12-23-19(25)24-18(21-23)9-17-11-26-14(3)20-17/h5-8,11,13H,9-10,12H2,1-4H3/p+1. The highest BCUT2D eigenvalue weighted by Gasteiger charge is 2.12. The van der Waals surface area contributed by atoms with Crippen molar-refractivity contribution >= 4 is 23.6 Å². The van der Waals surface area contributed by atoms with Crippen LogP contribution in [0.2, 0.25) is 0 Å². The highest BCUT2D eigenvalue weighted by molar-refractivity contribution is 7.71. The number of hydrogen-bond acceptors (Lipinski definition) is 5. The van der Waals surface area contributed by atoms with Crippen molar-refractivity contribution in [2.75, 3.05) is 7.05 Å². The Morgan fingerprint density at radius 3 is 2.62 bits per heavy atom. The molecule has 0 bridgehead atoms. The zero-order valence-electron chi connectivity index (χ0n) is 15.7. The van der Waals surface area contributed by atoms with Gasteiger partial charge in [-0.2, -0.15) is 4.68 Å². The molecule has 7 heteroatoms. The molecule has 0 saturated carbocycles. The number of nitrogens with one attached hydrogen (secondary N) is 1. The maximum absolute atomic E-state index is 5.64. The van der Waals surface area contributed by atoms with Gasteiger partial charge in [-0.1, -0.05) is 38.1 Å². The maximum Gasteiger partial charge on any atom is 0.291 e. The number of benzene rings is 1. The monoisotopic (exact) mass is 389 g/mol. The summed E-state index contributed by atoms with van der Waals surface area (Å²) in [6.45, 7) is 8.00. The van der Waals surface area contributed by atoms with Crippen LogP contribution in [0.3, 0.4) is 0 Å². The van der Waals surface area contributed by atoms with E-state index in [2.05, 4.69) is 55.2 Å². The van der Waals surface area contributed by atoms with E-state index >= 15 is 0 Å². The first kappa shape index (κ1) is 18.9. The minimum absolute atomic E-state index is 0.418. The molecule has 0 aliphatic rings. The van der Waals surface area contributed by atoms with Gasteiger partial charge in [0.05, 0.1) is 24.2 Å². The van der Waals surface area contributed by atoms with E-state index in [1.54, 1.807) is 16.0 Å². The fraction of sp³-hybridized carbons (Fsp3) is 0.421. The molecule has 0 radical (unpaired) electrons. The Balaban J connectivity index is 1.62. The molecule has 0 spiro atoms. The molecule has 1 unspecified atom stereocenters. The van der Waals surface area contributed by atoms with Crippen LogP contribution in [-0.2, 0) is 19.6 Å². The zero-order valence-corrected chi connectivity index (χ0v) is 17.3. The summed E-state index contributed by atoms with van der Waals surface area (Å²) in [6, 6.07) is 8.83. The minimum atomic E-state index is 0.418. The lowest BCUT2D eigenvalue weighted by Crippen LogP contribution is -3.07. The molecule has 1 N–H and O–H groups in total. The normalized spacial score (nSPS) is 12.7. The van der Waals surface area contributed by atoms with E-state index in [-0.39, 0.29) is 0 Å². The van der Waals surface area contributed by atoms with Gasteiger partial charge in [-0.05, 0) is 30.6 Å². The molecule has 26 heavy (non-hydrogen) atoms. The van der Waals surface area contributed by atoms with E-state index < -0.39 is 0 Å². The second kappa shape index (κ2) is 8.24. The van der Waals surface area contributed by atoms with Crippen LogP contribution in [0.5, 0.6) is 0 Å². The molecule has 0 amide bonds. The number of nitrogens with zero attached hydrogens (tertiary/aromatic N) is 3. The number of thiazole rings is 1. The highest BCUT2D eigenvalue weighted by Crippen LogP contribution is 2.14. The third-order valence-electron chi connectivity index (χ3n) is 4.22. The van der Waals surface area contributed by atoms with Crippen molar-refractivity contribution in [2.24, 2.45) is 0 Å². The first-order valence-corrected chi connectivity index (χ1v) is 10.1. The molecule has 3 rings (SSSR count). The van der Waals surface area contributed by atoms with Gasteiger partial charge >= 0.3 is 0 Å². The van der Waals surface area contributed by atoms with Crippen LogP contribution in [0, 0.1) is 11.8 Å². The Labute approximate surface area is 163 Å². The Morgan fingerprint density at radius 1 is 1.27 bits per heavy atom. The van der Waals surface area contributed by atoms with Gasteiger partial charge in [0, 0.05) is 10.9 Å². The molecule has 0 saturated heterocycles. The summed E-state index contributed by atoms with van der Waals surface area (Å²) in [5.41, 5.74) is 3.65. The van der Waals surface area contributed by atoms with Gasteiger partial charge in [0.25, 0.3) is 4.84 Å². The summed E-state index contributed by atoms with van der Waals surface area (Å²) < 4.78 is 7.40. The van der Waals surface area contributed by atoms with Crippen molar-refractivity contribution in [3.05, 3.63) is 62.2 Å². The number of hydrogen-bond donors (Lipinski definition) is 1. The molecular weight excluding hydrogens is 364 g/mol. The highest BCUT2D eigenvalue weighted by atomic mass is 32.1. The van der Waals surface area contributed by atoms with E-state index in [9.17, 15) is 0 Å². The van der Waals surface area contributed by atoms with Gasteiger partial charge < -0.3 is 9.32 Å².